The fraction of sp³-hybridized carbons (Fsp3) is 0.600. The number of piperidine rings is 1. The van der Waals surface area contributed by atoms with E-state index in [0.717, 1.165) is 32.2 Å². The molecular formula is C15H22F2N2. The highest BCUT2D eigenvalue weighted by molar-refractivity contribution is 5.20. The lowest BCUT2D eigenvalue weighted by molar-refractivity contribution is -0.0549. The second kappa shape index (κ2) is 6.44. The largest absolute Gasteiger partial charge is 0.330 e. The summed E-state index contributed by atoms with van der Waals surface area (Å²) in [6.07, 6.45) is 3.93. The number of halogens is 2. The van der Waals surface area contributed by atoms with Crippen molar-refractivity contribution in [2.75, 3.05) is 19.6 Å². The van der Waals surface area contributed by atoms with E-state index in [4.69, 9.17) is 5.73 Å². The minimum atomic E-state index is -2.79. The summed E-state index contributed by atoms with van der Waals surface area (Å²) >= 11 is 0. The molecule has 1 unspecified atom stereocenters. The van der Waals surface area contributed by atoms with Crippen LogP contribution in [0.4, 0.5) is 8.78 Å². The first kappa shape index (κ1) is 14.4. The SMILES string of the molecule is NCCC1CCCCN1CC(F)(F)c1ccccc1. The minimum absolute atomic E-state index is 0.104. The average molecular weight is 268 g/mol. The molecule has 0 amide bonds. The molecule has 2 nitrogen and oxygen atoms in total. The summed E-state index contributed by atoms with van der Waals surface area (Å²) in [7, 11) is 0. The van der Waals surface area contributed by atoms with Crippen LogP contribution in [0.5, 0.6) is 0 Å². The zero-order chi connectivity index (χ0) is 13.7. The highest BCUT2D eigenvalue weighted by Gasteiger charge is 2.36. The van der Waals surface area contributed by atoms with Crippen molar-refractivity contribution in [3.05, 3.63) is 35.9 Å². The number of benzene rings is 1. The number of nitrogens with two attached hydrogens (primary N) is 1. The predicted octanol–water partition coefficient (Wildman–Crippen LogP) is 2.98. The molecule has 1 aliphatic rings. The van der Waals surface area contributed by atoms with Gasteiger partial charge in [-0.2, -0.15) is 8.78 Å². The van der Waals surface area contributed by atoms with E-state index >= 15 is 0 Å². The Kier molecular flexibility index (Phi) is 4.88. The zero-order valence-electron chi connectivity index (χ0n) is 11.2. The van der Waals surface area contributed by atoms with Gasteiger partial charge in [0.05, 0.1) is 6.54 Å². The molecule has 1 aromatic rings. The van der Waals surface area contributed by atoms with Gasteiger partial charge >= 0.3 is 0 Å². The Morgan fingerprint density at radius 1 is 1.21 bits per heavy atom. The Balaban J connectivity index is 2.05. The Bertz CT molecular complexity index is 379. The number of alkyl halides is 2. The Labute approximate surface area is 113 Å². The summed E-state index contributed by atoms with van der Waals surface area (Å²) in [6, 6.07) is 8.31. The standard InChI is InChI=1S/C15H22F2N2/c16-15(17,13-6-2-1-3-7-13)12-19-11-5-4-8-14(19)9-10-18/h1-3,6-7,14H,4-5,8-12,18H2. The van der Waals surface area contributed by atoms with Gasteiger partial charge in [0.1, 0.15) is 0 Å². The van der Waals surface area contributed by atoms with E-state index in [-0.39, 0.29) is 18.2 Å². The van der Waals surface area contributed by atoms with Gasteiger partial charge in [-0.3, -0.25) is 4.90 Å². The van der Waals surface area contributed by atoms with Gasteiger partial charge < -0.3 is 5.73 Å². The summed E-state index contributed by atoms with van der Waals surface area (Å²) in [4.78, 5) is 1.92. The van der Waals surface area contributed by atoms with Crippen molar-refractivity contribution in [2.45, 2.75) is 37.6 Å². The molecule has 0 spiro atoms. The summed E-state index contributed by atoms with van der Waals surface area (Å²) in [5.41, 5.74) is 5.69. The van der Waals surface area contributed by atoms with Crippen molar-refractivity contribution in [3.63, 3.8) is 0 Å². The molecule has 4 heteroatoms. The van der Waals surface area contributed by atoms with E-state index in [1.54, 1.807) is 18.2 Å². The molecule has 0 aromatic heterocycles. The summed E-state index contributed by atoms with van der Waals surface area (Å²) < 4.78 is 28.6. The zero-order valence-corrected chi connectivity index (χ0v) is 11.2. The fourth-order valence-corrected chi connectivity index (χ4v) is 2.82. The summed E-state index contributed by atoms with van der Waals surface area (Å²) in [5, 5.41) is 0. The van der Waals surface area contributed by atoms with Crippen LogP contribution in [0.15, 0.2) is 30.3 Å². The van der Waals surface area contributed by atoms with Gasteiger partial charge in [0.25, 0.3) is 5.92 Å². The summed E-state index contributed by atoms with van der Waals surface area (Å²) in [5.74, 6) is -2.79. The molecule has 1 heterocycles. The Morgan fingerprint density at radius 2 is 1.95 bits per heavy atom. The van der Waals surface area contributed by atoms with Crippen LogP contribution in [0.2, 0.25) is 0 Å². The second-order valence-corrected chi connectivity index (χ2v) is 5.27. The first-order valence-electron chi connectivity index (χ1n) is 7.01. The van der Waals surface area contributed by atoms with Crippen LogP contribution in [0, 0.1) is 0 Å². The summed E-state index contributed by atoms with van der Waals surface area (Å²) in [6.45, 7) is 1.13. The van der Waals surface area contributed by atoms with E-state index in [1.807, 2.05) is 4.90 Å². The predicted molar refractivity (Wildman–Crippen MR) is 73.2 cm³/mol. The van der Waals surface area contributed by atoms with Gasteiger partial charge in [-0.1, -0.05) is 36.8 Å². The molecule has 2 N–H and O–H groups in total. The monoisotopic (exact) mass is 268 g/mol. The Hall–Kier alpha value is -1.00. The van der Waals surface area contributed by atoms with E-state index in [9.17, 15) is 8.78 Å². The van der Waals surface area contributed by atoms with E-state index < -0.39 is 5.92 Å². The molecule has 1 aromatic carbocycles. The third-order valence-corrected chi connectivity index (χ3v) is 3.85. The number of likely N-dealkylation sites (tertiary alicyclic amines) is 1. The molecule has 2 rings (SSSR count). The molecule has 1 fully saturated rings. The van der Waals surface area contributed by atoms with Crippen molar-refractivity contribution in [1.29, 1.82) is 0 Å². The van der Waals surface area contributed by atoms with Crippen LogP contribution in [0.1, 0.15) is 31.2 Å². The molecule has 106 valence electrons. The topological polar surface area (TPSA) is 29.3 Å². The number of hydrogen-bond acceptors (Lipinski definition) is 2. The number of nitrogens with zero attached hydrogens (tertiary/aromatic N) is 1. The Morgan fingerprint density at radius 3 is 2.63 bits per heavy atom. The highest BCUT2D eigenvalue weighted by Crippen LogP contribution is 2.31. The molecule has 1 aliphatic heterocycles. The van der Waals surface area contributed by atoms with Crippen LogP contribution in [-0.4, -0.2) is 30.6 Å². The van der Waals surface area contributed by atoms with E-state index in [1.165, 1.54) is 12.1 Å². The van der Waals surface area contributed by atoms with Gasteiger partial charge in [-0.05, 0) is 32.4 Å². The smallest absolute Gasteiger partial charge is 0.285 e. The maximum absolute atomic E-state index is 14.3. The first-order chi connectivity index (χ1) is 9.13. The maximum atomic E-state index is 14.3. The molecule has 0 saturated carbocycles. The van der Waals surface area contributed by atoms with E-state index in [2.05, 4.69) is 0 Å². The number of rotatable bonds is 5. The van der Waals surface area contributed by atoms with Gasteiger partial charge in [0.15, 0.2) is 0 Å². The molecular weight excluding hydrogens is 246 g/mol. The van der Waals surface area contributed by atoms with Gasteiger partial charge in [0.2, 0.25) is 0 Å². The van der Waals surface area contributed by atoms with Crippen molar-refractivity contribution in [2.24, 2.45) is 5.73 Å². The number of hydrogen-bond donors (Lipinski definition) is 1. The lowest BCUT2D eigenvalue weighted by atomic mass is 9.97. The first-order valence-corrected chi connectivity index (χ1v) is 7.01. The molecule has 19 heavy (non-hydrogen) atoms. The van der Waals surface area contributed by atoms with Crippen LogP contribution >= 0.6 is 0 Å². The molecule has 1 saturated heterocycles. The van der Waals surface area contributed by atoms with Gasteiger partial charge in [-0.15, -0.1) is 0 Å². The van der Waals surface area contributed by atoms with Gasteiger partial charge in [0, 0.05) is 11.6 Å². The molecule has 1 atom stereocenters. The molecule has 0 bridgehead atoms. The van der Waals surface area contributed by atoms with E-state index in [0.29, 0.717) is 6.54 Å². The normalized spacial score (nSPS) is 21.5. The lowest BCUT2D eigenvalue weighted by Crippen LogP contribution is -2.45. The maximum Gasteiger partial charge on any atom is 0.285 e. The fourth-order valence-electron chi connectivity index (χ4n) is 2.82. The third kappa shape index (κ3) is 3.74. The van der Waals surface area contributed by atoms with Crippen molar-refractivity contribution >= 4 is 0 Å². The van der Waals surface area contributed by atoms with Crippen LogP contribution in [0.25, 0.3) is 0 Å². The van der Waals surface area contributed by atoms with Crippen LogP contribution < -0.4 is 5.73 Å². The highest BCUT2D eigenvalue weighted by atomic mass is 19.3. The average Bonchev–Trinajstić information content (AvgIpc) is 2.42. The van der Waals surface area contributed by atoms with Crippen LogP contribution in [0.3, 0.4) is 0 Å². The van der Waals surface area contributed by atoms with Crippen molar-refractivity contribution in [3.8, 4) is 0 Å². The van der Waals surface area contributed by atoms with Crippen molar-refractivity contribution in [1.82, 2.24) is 4.90 Å². The van der Waals surface area contributed by atoms with Crippen LogP contribution in [-0.2, 0) is 5.92 Å². The van der Waals surface area contributed by atoms with Gasteiger partial charge in [-0.25, -0.2) is 0 Å². The third-order valence-electron chi connectivity index (χ3n) is 3.85. The lowest BCUT2D eigenvalue weighted by Gasteiger charge is -2.37. The van der Waals surface area contributed by atoms with Crippen molar-refractivity contribution < 1.29 is 8.78 Å². The molecule has 0 aliphatic carbocycles. The second-order valence-electron chi connectivity index (χ2n) is 5.27. The minimum Gasteiger partial charge on any atom is -0.330 e. The quantitative estimate of drug-likeness (QED) is 0.889. The molecule has 0 radical (unpaired) electrons.